The van der Waals surface area contributed by atoms with Crippen LogP contribution in [0.3, 0.4) is 0 Å². The second-order valence-electron chi connectivity index (χ2n) is 6.98. The van der Waals surface area contributed by atoms with Crippen molar-refractivity contribution >= 4 is 11.8 Å². The second-order valence-corrected chi connectivity index (χ2v) is 6.98. The minimum absolute atomic E-state index is 0.0648. The van der Waals surface area contributed by atoms with Gasteiger partial charge in [-0.15, -0.1) is 0 Å². The molecule has 0 spiro atoms. The van der Waals surface area contributed by atoms with E-state index in [1.165, 1.54) is 19.3 Å². The van der Waals surface area contributed by atoms with Crippen LogP contribution in [0.15, 0.2) is 18.3 Å². The molecule has 2 heterocycles. The van der Waals surface area contributed by atoms with Gasteiger partial charge in [-0.3, -0.25) is 0 Å². The van der Waals surface area contributed by atoms with E-state index in [1.54, 1.807) is 0 Å². The van der Waals surface area contributed by atoms with Crippen LogP contribution in [0.25, 0.3) is 0 Å². The third-order valence-electron chi connectivity index (χ3n) is 5.03. The predicted molar refractivity (Wildman–Crippen MR) is 96.2 cm³/mol. The summed E-state index contributed by atoms with van der Waals surface area (Å²) < 4.78 is 0. The first-order valence-electron chi connectivity index (χ1n) is 9.13. The maximum absolute atomic E-state index is 12.0. The first-order chi connectivity index (χ1) is 11.7. The van der Waals surface area contributed by atoms with Gasteiger partial charge in [0.05, 0.1) is 0 Å². The molecule has 0 bridgehead atoms. The molecule has 2 amide bonds. The van der Waals surface area contributed by atoms with E-state index in [1.807, 2.05) is 6.20 Å². The summed E-state index contributed by atoms with van der Waals surface area (Å²) in [6.07, 6.45) is 7.83. The molecule has 2 fully saturated rings. The molecule has 0 unspecified atom stereocenters. The third kappa shape index (κ3) is 4.84. The molecule has 6 nitrogen and oxygen atoms in total. The molecule has 2 aliphatic rings. The molecular formula is C18H29N5O. The van der Waals surface area contributed by atoms with Crippen LogP contribution in [-0.2, 0) is 6.54 Å². The van der Waals surface area contributed by atoms with Crippen molar-refractivity contribution in [3.8, 4) is 0 Å². The van der Waals surface area contributed by atoms with Crippen molar-refractivity contribution in [2.24, 2.45) is 0 Å². The Bertz CT molecular complexity index is 519. The fourth-order valence-corrected chi connectivity index (χ4v) is 3.41. The molecule has 132 valence electrons. The fourth-order valence-electron chi connectivity index (χ4n) is 3.41. The SMILES string of the molecule is CN1CCN(c2ccc(CNC(=O)NC3CCCCC3)cn2)CC1. The fraction of sp³-hybridized carbons (Fsp3) is 0.667. The lowest BCUT2D eigenvalue weighted by atomic mass is 9.96. The Morgan fingerprint density at radius 3 is 2.58 bits per heavy atom. The smallest absolute Gasteiger partial charge is 0.315 e. The molecule has 0 radical (unpaired) electrons. The molecule has 1 aliphatic carbocycles. The standard InChI is InChI=1S/C18H29N5O/c1-22-9-11-23(12-10-22)17-8-7-15(13-19-17)14-20-18(24)21-16-5-3-2-4-6-16/h7-8,13,16H,2-6,9-12,14H2,1H3,(H2,20,21,24). The average molecular weight is 331 g/mol. The number of hydrogen-bond donors (Lipinski definition) is 2. The zero-order valence-corrected chi connectivity index (χ0v) is 14.6. The van der Waals surface area contributed by atoms with Gasteiger partial charge in [0, 0.05) is 45.0 Å². The normalized spacial score (nSPS) is 20.0. The molecule has 0 atom stereocenters. The number of aromatic nitrogens is 1. The number of pyridine rings is 1. The minimum atomic E-state index is -0.0648. The number of rotatable bonds is 4. The Balaban J connectivity index is 1.43. The molecule has 1 aromatic heterocycles. The van der Waals surface area contributed by atoms with Crippen molar-refractivity contribution in [2.45, 2.75) is 44.7 Å². The van der Waals surface area contributed by atoms with Gasteiger partial charge in [0.1, 0.15) is 5.82 Å². The molecule has 2 N–H and O–H groups in total. The lowest BCUT2D eigenvalue weighted by Crippen LogP contribution is -2.44. The van der Waals surface area contributed by atoms with Gasteiger partial charge in [-0.05, 0) is 31.5 Å². The molecule has 1 saturated carbocycles. The van der Waals surface area contributed by atoms with Crippen molar-refractivity contribution in [1.29, 1.82) is 0 Å². The highest BCUT2D eigenvalue weighted by Gasteiger charge is 2.16. The minimum Gasteiger partial charge on any atom is -0.354 e. The van der Waals surface area contributed by atoms with Crippen molar-refractivity contribution in [3.63, 3.8) is 0 Å². The van der Waals surface area contributed by atoms with E-state index in [9.17, 15) is 4.79 Å². The van der Waals surface area contributed by atoms with Crippen LogP contribution >= 0.6 is 0 Å². The number of piperazine rings is 1. The number of carbonyl (C=O) groups excluding carboxylic acids is 1. The molecule has 1 aliphatic heterocycles. The van der Waals surface area contributed by atoms with E-state index in [4.69, 9.17) is 0 Å². The molecule has 6 heteroatoms. The van der Waals surface area contributed by atoms with Crippen LogP contribution in [0.1, 0.15) is 37.7 Å². The summed E-state index contributed by atoms with van der Waals surface area (Å²) in [5.41, 5.74) is 1.03. The number of likely N-dealkylation sites (N-methyl/N-ethyl adjacent to an activating group) is 1. The number of hydrogen-bond acceptors (Lipinski definition) is 4. The summed E-state index contributed by atoms with van der Waals surface area (Å²) in [6.45, 7) is 4.71. The monoisotopic (exact) mass is 331 g/mol. The van der Waals surface area contributed by atoms with Gasteiger partial charge in [-0.1, -0.05) is 25.3 Å². The number of anilines is 1. The first-order valence-corrected chi connectivity index (χ1v) is 9.13. The van der Waals surface area contributed by atoms with Crippen molar-refractivity contribution in [3.05, 3.63) is 23.9 Å². The lowest BCUT2D eigenvalue weighted by molar-refractivity contribution is 0.232. The number of nitrogens with zero attached hydrogens (tertiary/aromatic N) is 3. The molecule has 1 aromatic rings. The van der Waals surface area contributed by atoms with Gasteiger partial charge in [0.25, 0.3) is 0 Å². The van der Waals surface area contributed by atoms with Gasteiger partial charge in [0.2, 0.25) is 0 Å². The zero-order chi connectivity index (χ0) is 16.8. The highest BCUT2D eigenvalue weighted by Crippen LogP contribution is 2.17. The van der Waals surface area contributed by atoms with E-state index in [0.29, 0.717) is 12.6 Å². The van der Waals surface area contributed by atoms with Crippen LogP contribution in [0.4, 0.5) is 10.6 Å². The van der Waals surface area contributed by atoms with Gasteiger partial charge in [0.15, 0.2) is 0 Å². The number of carbonyl (C=O) groups is 1. The van der Waals surface area contributed by atoms with Crippen LogP contribution in [-0.4, -0.2) is 55.2 Å². The number of nitrogens with one attached hydrogen (secondary N) is 2. The summed E-state index contributed by atoms with van der Waals surface area (Å²) in [4.78, 5) is 21.2. The van der Waals surface area contributed by atoms with E-state index in [0.717, 1.165) is 50.4 Å². The number of amides is 2. The van der Waals surface area contributed by atoms with Crippen molar-refractivity contribution in [1.82, 2.24) is 20.5 Å². The van der Waals surface area contributed by atoms with E-state index < -0.39 is 0 Å². The van der Waals surface area contributed by atoms with Crippen LogP contribution in [0.5, 0.6) is 0 Å². The topological polar surface area (TPSA) is 60.5 Å². The summed E-state index contributed by atoms with van der Waals surface area (Å²) >= 11 is 0. The predicted octanol–water partition coefficient (Wildman–Crippen LogP) is 1.97. The molecule has 3 rings (SSSR count). The molecule has 1 saturated heterocycles. The molecular weight excluding hydrogens is 302 g/mol. The summed E-state index contributed by atoms with van der Waals surface area (Å²) in [5, 5.41) is 6.01. The summed E-state index contributed by atoms with van der Waals surface area (Å²) in [5.74, 6) is 1.03. The Morgan fingerprint density at radius 2 is 1.92 bits per heavy atom. The Kier molecular flexibility index (Phi) is 5.91. The second kappa shape index (κ2) is 8.33. The third-order valence-corrected chi connectivity index (χ3v) is 5.03. The highest BCUT2D eigenvalue weighted by atomic mass is 16.2. The summed E-state index contributed by atoms with van der Waals surface area (Å²) in [6, 6.07) is 4.39. The van der Waals surface area contributed by atoms with Crippen LogP contribution in [0.2, 0.25) is 0 Å². The Labute approximate surface area is 144 Å². The molecule has 24 heavy (non-hydrogen) atoms. The van der Waals surface area contributed by atoms with Crippen molar-refractivity contribution < 1.29 is 4.79 Å². The van der Waals surface area contributed by atoms with E-state index in [2.05, 4.69) is 44.6 Å². The maximum atomic E-state index is 12.0. The quantitative estimate of drug-likeness (QED) is 0.885. The molecule has 0 aromatic carbocycles. The highest BCUT2D eigenvalue weighted by molar-refractivity contribution is 5.74. The zero-order valence-electron chi connectivity index (χ0n) is 14.6. The average Bonchev–Trinajstić information content (AvgIpc) is 2.62. The maximum Gasteiger partial charge on any atom is 0.315 e. The van der Waals surface area contributed by atoms with Gasteiger partial charge in [-0.25, -0.2) is 9.78 Å². The van der Waals surface area contributed by atoms with Crippen molar-refractivity contribution in [2.75, 3.05) is 38.1 Å². The van der Waals surface area contributed by atoms with Gasteiger partial charge < -0.3 is 20.4 Å². The van der Waals surface area contributed by atoms with E-state index in [-0.39, 0.29) is 6.03 Å². The Hall–Kier alpha value is -1.82. The van der Waals surface area contributed by atoms with Crippen LogP contribution < -0.4 is 15.5 Å². The number of urea groups is 1. The van der Waals surface area contributed by atoms with Gasteiger partial charge >= 0.3 is 6.03 Å². The first kappa shape index (κ1) is 17.0. The summed E-state index contributed by atoms with van der Waals surface area (Å²) in [7, 11) is 2.15. The lowest BCUT2D eigenvalue weighted by Gasteiger charge is -2.33. The largest absolute Gasteiger partial charge is 0.354 e. The van der Waals surface area contributed by atoms with E-state index >= 15 is 0 Å². The van der Waals surface area contributed by atoms with Crippen LogP contribution in [0, 0.1) is 0 Å². The Morgan fingerprint density at radius 1 is 1.17 bits per heavy atom. The van der Waals surface area contributed by atoms with Gasteiger partial charge in [-0.2, -0.15) is 0 Å².